The Kier molecular flexibility index (Phi) is 15.4. The number of hydrogen-bond acceptors (Lipinski definition) is 6. The Morgan fingerprint density at radius 2 is 1.55 bits per heavy atom. The number of Topliss-reactive ketones (excluding diaryl/α,β-unsaturated/α-hetero) is 1. The van der Waals surface area contributed by atoms with Crippen LogP contribution in [-0.4, -0.2) is 35.7 Å². The second-order valence-corrected chi connectivity index (χ2v) is 12.4. The maximum absolute atomic E-state index is 12.7. The van der Waals surface area contributed by atoms with Crippen molar-refractivity contribution in [2.45, 2.75) is 104 Å². The minimum absolute atomic E-state index is 0.0900. The van der Waals surface area contributed by atoms with Crippen LogP contribution in [0.1, 0.15) is 114 Å². The van der Waals surface area contributed by atoms with Crippen LogP contribution in [0.4, 0.5) is 5.69 Å². The largest absolute Gasteiger partial charge is 0.489 e. The second-order valence-electron chi connectivity index (χ2n) is 11.2. The lowest BCUT2D eigenvalue weighted by atomic mass is 10.1. The molecule has 0 saturated heterocycles. The van der Waals surface area contributed by atoms with Gasteiger partial charge in [-0.3, -0.25) is 9.59 Å². The van der Waals surface area contributed by atoms with Crippen LogP contribution in [0, 0.1) is 0 Å². The van der Waals surface area contributed by atoms with E-state index < -0.39 is 0 Å². The van der Waals surface area contributed by atoms with Crippen molar-refractivity contribution in [3.63, 3.8) is 0 Å². The molecular weight excluding hydrogens is 544 g/mol. The molecule has 42 heavy (non-hydrogen) atoms. The zero-order chi connectivity index (χ0) is 30.0. The normalized spacial score (nSPS) is 12.7. The van der Waals surface area contributed by atoms with Gasteiger partial charge in [-0.1, -0.05) is 95.8 Å². The number of amides is 1. The van der Waals surface area contributed by atoms with E-state index in [1.54, 1.807) is 18.2 Å². The number of unbranched alkanes of at least 4 members (excludes halogenated alkanes) is 11. The van der Waals surface area contributed by atoms with Crippen molar-refractivity contribution in [2.75, 3.05) is 24.4 Å². The van der Waals surface area contributed by atoms with Gasteiger partial charge in [-0.15, -0.1) is 11.8 Å². The van der Waals surface area contributed by atoms with Crippen molar-refractivity contribution >= 4 is 29.1 Å². The van der Waals surface area contributed by atoms with E-state index in [9.17, 15) is 9.59 Å². The molecule has 230 valence electrons. The van der Waals surface area contributed by atoms with Gasteiger partial charge in [0.1, 0.15) is 0 Å². The summed E-state index contributed by atoms with van der Waals surface area (Å²) in [6.45, 7) is 7.03. The number of thioether (sulfide) groups is 1. The SMILES string of the molecule is CCCCCCCCCCCCCCOc1c(OCC(=O)Nc2cccc(CN3C=C(C)SC3)c2)cccc1C(C)=O. The molecule has 1 amide bonds. The van der Waals surface area contributed by atoms with Crippen molar-refractivity contribution in [1.29, 1.82) is 0 Å². The highest BCUT2D eigenvalue weighted by Crippen LogP contribution is 2.32. The summed E-state index contributed by atoms with van der Waals surface area (Å²) in [6, 6.07) is 13.1. The lowest BCUT2D eigenvalue weighted by Crippen LogP contribution is -2.21. The summed E-state index contributed by atoms with van der Waals surface area (Å²) in [7, 11) is 0. The molecule has 1 heterocycles. The Bertz CT molecular complexity index is 1150. The van der Waals surface area contributed by atoms with Gasteiger partial charge in [0.05, 0.1) is 18.0 Å². The summed E-state index contributed by atoms with van der Waals surface area (Å²) >= 11 is 1.83. The number of hydrogen-bond donors (Lipinski definition) is 1. The maximum atomic E-state index is 12.7. The molecule has 0 aromatic heterocycles. The highest BCUT2D eigenvalue weighted by Gasteiger charge is 2.16. The molecule has 0 fully saturated rings. The summed E-state index contributed by atoms with van der Waals surface area (Å²) in [5.41, 5.74) is 2.33. The maximum Gasteiger partial charge on any atom is 0.262 e. The van der Waals surface area contributed by atoms with Crippen LogP contribution < -0.4 is 14.8 Å². The van der Waals surface area contributed by atoms with Gasteiger partial charge in [-0.05, 0) is 55.0 Å². The van der Waals surface area contributed by atoms with Crippen molar-refractivity contribution in [3.05, 3.63) is 64.7 Å². The van der Waals surface area contributed by atoms with Gasteiger partial charge in [0, 0.05) is 18.4 Å². The highest BCUT2D eigenvalue weighted by molar-refractivity contribution is 8.03. The summed E-state index contributed by atoms with van der Waals surface area (Å²) in [5, 5.41) is 2.93. The molecule has 2 aromatic rings. The number of carbonyl (C=O) groups is 2. The predicted molar refractivity (Wildman–Crippen MR) is 175 cm³/mol. The first-order chi connectivity index (χ1) is 20.5. The van der Waals surface area contributed by atoms with E-state index in [4.69, 9.17) is 9.47 Å². The van der Waals surface area contributed by atoms with E-state index in [1.165, 1.54) is 76.0 Å². The number of ether oxygens (including phenoxy) is 2. The van der Waals surface area contributed by atoms with E-state index >= 15 is 0 Å². The fourth-order valence-electron chi connectivity index (χ4n) is 5.10. The predicted octanol–water partition coefficient (Wildman–Crippen LogP) is 9.35. The Hall–Kier alpha value is -2.93. The summed E-state index contributed by atoms with van der Waals surface area (Å²) in [4.78, 5) is 28.6. The highest BCUT2D eigenvalue weighted by atomic mass is 32.2. The molecule has 0 atom stereocenters. The Labute approximate surface area is 257 Å². The first-order valence-electron chi connectivity index (χ1n) is 15.8. The summed E-state index contributed by atoms with van der Waals surface area (Å²) < 4.78 is 11.9. The first-order valence-corrected chi connectivity index (χ1v) is 16.8. The number of nitrogens with one attached hydrogen (secondary N) is 1. The Balaban J connectivity index is 1.40. The molecule has 0 saturated carbocycles. The topological polar surface area (TPSA) is 67.9 Å². The summed E-state index contributed by atoms with van der Waals surface area (Å²) in [6.07, 6.45) is 17.5. The fraction of sp³-hybridized carbons (Fsp3) is 0.543. The molecule has 0 radical (unpaired) electrons. The average molecular weight is 595 g/mol. The molecule has 0 spiro atoms. The fourth-order valence-corrected chi connectivity index (χ4v) is 5.86. The number of nitrogens with zero attached hydrogens (tertiary/aromatic N) is 1. The minimum Gasteiger partial charge on any atom is -0.489 e. The number of ketones is 1. The standard InChI is InChI=1S/C35H50N2O4S/c1-4-5-6-7-8-9-10-11-12-13-14-15-22-40-35-32(29(3)38)20-17-21-33(35)41-26-34(39)36-31-19-16-18-30(23-31)25-37-24-28(2)42-27-37/h16-21,23-24H,4-15,22,25-27H2,1-3H3,(H,36,39). The lowest BCUT2D eigenvalue weighted by Gasteiger charge is -2.16. The molecule has 0 bridgehead atoms. The smallest absolute Gasteiger partial charge is 0.262 e. The number of para-hydroxylation sites is 1. The van der Waals surface area contributed by atoms with Crippen LogP contribution in [0.2, 0.25) is 0 Å². The van der Waals surface area contributed by atoms with Gasteiger partial charge >= 0.3 is 0 Å². The van der Waals surface area contributed by atoms with Crippen LogP contribution in [0.25, 0.3) is 0 Å². The van der Waals surface area contributed by atoms with Gasteiger partial charge in [0.2, 0.25) is 0 Å². The summed E-state index contributed by atoms with van der Waals surface area (Å²) in [5.74, 6) is 1.43. The first kappa shape index (κ1) is 33.6. The molecule has 0 unspecified atom stereocenters. The van der Waals surface area contributed by atoms with Crippen molar-refractivity contribution in [1.82, 2.24) is 4.90 Å². The molecule has 1 aliphatic heterocycles. The second kappa shape index (κ2) is 19.3. The minimum atomic E-state index is -0.264. The number of rotatable bonds is 21. The molecule has 6 nitrogen and oxygen atoms in total. The van der Waals surface area contributed by atoms with Crippen LogP contribution in [0.15, 0.2) is 53.6 Å². The third-order valence-electron chi connectivity index (χ3n) is 7.38. The monoisotopic (exact) mass is 594 g/mol. The van der Waals surface area contributed by atoms with E-state index in [0.717, 1.165) is 36.5 Å². The van der Waals surface area contributed by atoms with Crippen LogP contribution in [0.3, 0.4) is 0 Å². The van der Waals surface area contributed by atoms with Gasteiger partial charge in [-0.25, -0.2) is 0 Å². The van der Waals surface area contributed by atoms with Crippen LogP contribution >= 0.6 is 11.8 Å². The van der Waals surface area contributed by atoms with Gasteiger partial charge in [0.15, 0.2) is 23.9 Å². The van der Waals surface area contributed by atoms with Crippen molar-refractivity contribution in [3.8, 4) is 11.5 Å². The molecule has 1 N–H and O–H groups in total. The lowest BCUT2D eigenvalue weighted by molar-refractivity contribution is -0.118. The zero-order valence-corrected chi connectivity index (χ0v) is 26.7. The van der Waals surface area contributed by atoms with Crippen LogP contribution in [0.5, 0.6) is 11.5 Å². The zero-order valence-electron chi connectivity index (χ0n) is 25.9. The third-order valence-corrected chi connectivity index (χ3v) is 8.40. The molecule has 1 aliphatic rings. The quantitative estimate of drug-likeness (QED) is 0.115. The van der Waals surface area contributed by atoms with Crippen molar-refractivity contribution in [2.24, 2.45) is 0 Å². The van der Waals surface area contributed by atoms with Gasteiger partial charge in [-0.2, -0.15) is 0 Å². The van der Waals surface area contributed by atoms with Gasteiger partial charge < -0.3 is 19.7 Å². The van der Waals surface area contributed by atoms with E-state index in [0.29, 0.717) is 23.7 Å². The molecule has 7 heteroatoms. The number of carbonyl (C=O) groups excluding carboxylic acids is 2. The number of allylic oxidation sites excluding steroid dienone is 1. The Morgan fingerprint density at radius 3 is 2.19 bits per heavy atom. The molecular formula is C35H50N2O4S. The van der Waals surface area contributed by atoms with E-state index in [2.05, 4.69) is 36.3 Å². The van der Waals surface area contributed by atoms with E-state index in [-0.39, 0.29) is 18.3 Å². The van der Waals surface area contributed by atoms with Crippen LogP contribution in [-0.2, 0) is 11.3 Å². The molecule has 2 aromatic carbocycles. The number of anilines is 1. The van der Waals surface area contributed by atoms with E-state index in [1.807, 2.05) is 30.0 Å². The molecule has 3 rings (SSSR count). The third kappa shape index (κ3) is 12.5. The molecule has 0 aliphatic carbocycles. The van der Waals surface area contributed by atoms with Gasteiger partial charge in [0.25, 0.3) is 5.91 Å². The Morgan fingerprint density at radius 1 is 0.881 bits per heavy atom. The van der Waals surface area contributed by atoms with Crippen molar-refractivity contribution < 1.29 is 19.1 Å². The average Bonchev–Trinajstić information content (AvgIpc) is 3.38. The number of benzene rings is 2.